The summed E-state index contributed by atoms with van der Waals surface area (Å²) >= 11 is 5.85. The molecule has 1 rings (SSSR count). The van der Waals surface area contributed by atoms with E-state index in [0.717, 1.165) is 5.56 Å². The summed E-state index contributed by atoms with van der Waals surface area (Å²) in [5, 5.41) is 3.32. The highest BCUT2D eigenvalue weighted by atomic mass is 35.5. The number of amides is 1. The van der Waals surface area contributed by atoms with Gasteiger partial charge in [-0.15, -0.1) is 0 Å². The largest absolute Gasteiger partial charge is 0.352 e. The number of nitrogens with zero attached hydrogens (tertiary/aromatic N) is 1. The average Bonchev–Trinajstić information content (AvgIpc) is 2.25. The van der Waals surface area contributed by atoms with Crippen LogP contribution in [-0.2, 0) is 0 Å². The zero-order valence-corrected chi connectivity index (χ0v) is 11.5. The Kier molecular flexibility index (Phi) is 4.94. The lowest BCUT2D eigenvalue weighted by atomic mass is 9.99. The molecule has 1 N–H and O–H groups in total. The van der Waals surface area contributed by atoms with Crippen LogP contribution in [0.25, 0.3) is 0 Å². The fourth-order valence-electron chi connectivity index (χ4n) is 1.50. The molecule has 0 spiro atoms. The summed E-state index contributed by atoms with van der Waals surface area (Å²) in [7, 11) is 0. The molecule has 0 atom stereocenters. The van der Waals surface area contributed by atoms with Gasteiger partial charge in [-0.3, -0.25) is 4.79 Å². The first-order valence-corrected chi connectivity index (χ1v) is 6.23. The highest BCUT2D eigenvalue weighted by Gasteiger charge is 2.15. The first-order chi connectivity index (χ1) is 7.91. The normalized spacial score (nSPS) is 11.0. The van der Waals surface area contributed by atoms with Crippen LogP contribution in [0.5, 0.6) is 0 Å². The van der Waals surface area contributed by atoms with E-state index in [1.54, 1.807) is 12.3 Å². The maximum atomic E-state index is 12.0. The predicted molar refractivity (Wildman–Crippen MR) is 70.5 cm³/mol. The Morgan fingerprint density at radius 2 is 2.06 bits per heavy atom. The Morgan fingerprint density at radius 1 is 1.41 bits per heavy atom. The van der Waals surface area contributed by atoms with Crippen LogP contribution < -0.4 is 5.32 Å². The Bertz CT molecular complexity index is 402. The van der Waals surface area contributed by atoms with E-state index in [2.05, 4.69) is 24.1 Å². The van der Waals surface area contributed by atoms with E-state index in [1.807, 2.05) is 13.8 Å². The Hall–Kier alpha value is -1.09. The molecule has 17 heavy (non-hydrogen) atoms. The molecule has 0 saturated heterocycles. The topological polar surface area (TPSA) is 42.0 Å². The molecule has 0 aromatic carbocycles. The third-order valence-corrected chi connectivity index (χ3v) is 2.65. The number of hydrogen-bond acceptors (Lipinski definition) is 2. The molecular weight excluding hydrogens is 236 g/mol. The molecule has 0 radical (unpaired) electrons. The van der Waals surface area contributed by atoms with E-state index in [0.29, 0.717) is 23.2 Å². The third kappa shape index (κ3) is 4.00. The summed E-state index contributed by atoms with van der Waals surface area (Å²) in [4.78, 5) is 16.0. The molecule has 0 bridgehead atoms. The van der Waals surface area contributed by atoms with Crippen LogP contribution in [0.15, 0.2) is 12.3 Å². The van der Waals surface area contributed by atoms with Crippen LogP contribution in [-0.4, -0.2) is 17.4 Å². The number of carbonyl (C=O) groups excluding carboxylic acids is 1. The Morgan fingerprint density at radius 3 is 2.59 bits per heavy atom. The number of hydrogen-bond donors (Lipinski definition) is 1. The molecule has 0 aliphatic carbocycles. The van der Waals surface area contributed by atoms with Gasteiger partial charge in [-0.2, -0.15) is 0 Å². The first-order valence-electron chi connectivity index (χ1n) is 5.85. The van der Waals surface area contributed by atoms with E-state index in [1.165, 1.54) is 0 Å². The van der Waals surface area contributed by atoms with Gasteiger partial charge in [-0.25, -0.2) is 4.98 Å². The molecule has 0 unspecified atom stereocenters. The van der Waals surface area contributed by atoms with Crippen LogP contribution in [0.1, 0.15) is 49.5 Å². The first kappa shape index (κ1) is 14.0. The molecule has 3 nitrogen and oxygen atoms in total. The number of aromatic nitrogens is 1. The molecular formula is C13H19ClN2O. The van der Waals surface area contributed by atoms with Gasteiger partial charge in [0.15, 0.2) is 0 Å². The summed E-state index contributed by atoms with van der Waals surface area (Å²) in [5.41, 5.74) is 1.55. The van der Waals surface area contributed by atoms with Gasteiger partial charge in [-0.05, 0) is 23.5 Å². The van der Waals surface area contributed by atoms with Crippen LogP contribution >= 0.6 is 11.6 Å². The second-order valence-electron chi connectivity index (χ2n) is 4.85. The third-order valence-electron chi connectivity index (χ3n) is 2.44. The molecule has 4 heteroatoms. The van der Waals surface area contributed by atoms with E-state index >= 15 is 0 Å². The van der Waals surface area contributed by atoms with E-state index < -0.39 is 0 Å². The second kappa shape index (κ2) is 6.01. The van der Waals surface area contributed by atoms with E-state index in [-0.39, 0.29) is 11.8 Å². The van der Waals surface area contributed by atoms with Crippen molar-refractivity contribution in [3.8, 4) is 0 Å². The maximum Gasteiger partial charge on any atom is 0.253 e. The molecule has 1 heterocycles. The lowest BCUT2D eigenvalue weighted by Gasteiger charge is -2.13. The highest BCUT2D eigenvalue weighted by molar-refractivity contribution is 6.29. The van der Waals surface area contributed by atoms with Crippen LogP contribution in [0, 0.1) is 5.92 Å². The van der Waals surface area contributed by atoms with Crippen molar-refractivity contribution in [2.24, 2.45) is 5.92 Å². The summed E-state index contributed by atoms with van der Waals surface area (Å²) < 4.78 is 0. The monoisotopic (exact) mass is 254 g/mol. The highest BCUT2D eigenvalue weighted by Crippen LogP contribution is 2.21. The summed E-state index contributed by atoms with van der Waals surface area (Å²) in [6.45, 7) is 8.85. The SMILES string of the molecule is CC(C)CNC(=O)c1cnc(Cl)cc1C(C)C. The second-order valence-corrected chi connectivity index (χ2v) is 5.24. The molecule has 94 valence electrons. The van der Waals surface area contributed by atoms with E-state index in [9.17, 15) is 4.79 Å². The number of rotatable bonds is 4. The smallest absolute Gasteiger partial charge is 0.253 e. The van der Waals surface area contributed by atoms with Crippen molar-refractivity contribution in [1.82, 2.24) is 10.3 Å². The molecule has 0 aliphatic rings. The van der Waals surface area contributed by atoms with Crippen molar-refractivity contribution >= 4 is 17.5 Å². The minimum Gasteiger partial charge on any atom is -0.352 e. The van der Waals surface area contributed by atoms with Gasteiger partial charge >= 0.3 is 0 Å². The quantitative estimate of drug-likeness (QED) is 0.838. The van der Waals surface area contributed by atoms with E-state index in [4.69, 9.17) is 11.6 Å². The van der Waals surface area contributed by atoms with Gasteiger partial charge in [0.1, 0.15) is 5.15 Å². The lowest BCUT2D eigenvalue weighted by molar-refractivity contribution is 0.0947. The minimum atomic E-state index is -0.0773. The summed E-state index contributed by atoms with van der Waals surface area (Å²) in [6, 6.07) is 1.76. The van der Waals surface area contributed by atoms with Crippen molar-refractivity contribution in [1.29, 1.82) is 0 Å². The molecule has 0 saturated carbocycles. The van der Waals surface area contributed by atoms with Crippen molar-refractivity contribution in [2.45, 2.75) is 33.6 Å². The summed E-state index contributed by atoms with van der Waals surface area (Å²) in [5.74, 6) is 0.601. The number of carbonyl (C=O) groups is 1. The molecule has 1 amide bonds. The van der Waals surface area contributed by atoms with Crippen molar-refractivity contribution in [3.63, 3.8) is 0 Å². The Labute approximate surface area is 108 Å². The maximum absolute atomic E-state index is 12.0. The van der Waals surface area contributed by atoms with Gasteiger partial charge < -0.3 is 5.32 Å². The number of nitrogens with one attached hydrogen (secondary N) is 1. The Balaban J connectivity index is 2.92. The standard InChI is InChI=1S/C13H19ClN2O/c1-8(2)6-16-13(17)11-7-15-12(14)5-10(11)9(3)4/h5,7-9H,6H2,1-4H3,(H,16,17). The molecule has 1 aromatic heterocycles. The average molecular weight is 255 g/mol. The summed E-state index contributed by atoms with van der Waals surface area (Å²) in [6.07, 6.45) is 1.55. The molecule has 0 aliphatic heterocycles. The fourth-order valence-corrected chi connectivity index (χ4v) is 1.67. The van der Waals surface area contributed by atoms with Gasteiger partial charge in [0, 0.05) is 12.7 Å². The minimum absolute atomic E-state index is 0.0773. The van der Waals surface area contributed by atoms with Gasteiger partial charge in [0.2, 0.25) is 0 Å². The number of halogens is 1. The van der Waals surface area contributed by atoms with Crippen LogP contribution in [0.3, 0.4) is 0 Å². The van der Waals surface area contributed by atoms with Crippen LogP contribution in [0.4, 0.5) is 0 Å². The van der Waals surface area contributed by atoms with Crippen molar-refractivity contribution in [3.05, 3.63) is 28.5 Å². The zero-order valence-electron chi connectivity index (χ0n) is 10.7. The van der Waals surface area contributed by atoms with Crippen LogP contribution in [0.2, 0.25) is 5.15 Å². The lowest BCUT2D eigenvalue weighted by Crippen LogP contribution is -2.28. The number of pyridine rings is 1. The van der Waals surface area contributed by atoms with Gasteiger partial charge in [0.25, 0.3) is 5.91 Å². The van der Waals surface area contributed by atoms with Crippen molar-refractivity contribution in [2.75, 3.05) is 6.54 Å². The fraction of sp³-hybridized carbons (Fsp3) is 0.538. The molecule has 0 fully saturated rings. The van der Waals surface area contributed by atoms with Crippen molar-refractivity contribution < 1.29 is 4.79 Å². The van der Waals surface area contributed by atoms with Gasteiger partial charge in [0.05, 0.1) is 5.56 Å². The van der Waals surface area contributed by atoms with Gasteiger partial charge in [-0.1, -0.05) is 39.3 Å². The molecule has 1 aromatic rings. The predicted octanol–water partition coefficient (Wildman–Crippen LogP) is 3.24. The zero-order chi connectivity index (χ0) is 13.0.